The molecule has 0 saturated carbocycles. The molecule has 39 nitrogen and oxygen atoms in total. The van der Waals surface area contributed by atoms with Crippen LogP contribution in [0, 0.1) is 0 Å². The third kappa shape index (κ3) is 33.1. The van der Waals surface area contributed by atoms with E-state index in [1.54, 1.807) is 0 Å². The maximum absolute atomic E-state index is 14.0. The fourth-order valence-corrected chi connectivity index (χ4v) is 9.23. The molecule has 0 aromatic heterocycles. The van der Waals surface area contributed by atoms with Crippen LogP contribution in [0.5, 0.6) is 0 Å². The normalized spacial score (nSPS) is 15.7. The van der Waals surface area contributed by atoms with Crippen LogP contribution >= 0.6 is 0 Å². The molecule has 1 fully saturated rings. The lowest BCUT2D eigenvalue weighted by Crippen LogP contribution is -2.61. The number of nitrogens with two attached hydrogens (primary N) is 7. The third-order valence-electron chi connectivity index (χ3n) is 14.2. The molecule has 13 amide bonds. The molecule has 93 heavy (non-hydrogen) atoms. The van der Waals surface area contributed by atoms with Crippen molar-refractivity contribution in [2.75, 3.05) is 59.0 Å². The number of nitrogens with zero attached hydrogens (tertiary/aromatic N) is 6. The van der Waals surface area contributed by atoms with Crippen LogP contribution in [0.25, 0.3) is 10.4 Å². The van der Waals surface area contributed by atoms with Gasteiger partial charge in [-0.3, -0.25) is 72.3 Å². The number of amides is 13. The van der Waals surface area contributed by atoms with Crippen molar-refractivity contribution in [1.29, 1.82) is 0 Å². The van der Waals surface area contributed by atoms with Crippen molar-refractivity contribution in [2.45, 2.75) is 191 Å². The number of hydrogen-bond acceptors (Lipinski definition) is 20. The maximum atomic E-state index is 14.0. The van der Waals surface area contributed by atoms with Gasteiger partial charge in [0.1, 0.15) is 60.4 Å². The van der Waals surface area contributed by atoms with Crippen LogP contribution in [0.3, 0.4) is 0 Å². The molecule has 0 aliphatic carbocycles. The van der Waals surface area contributed by atoms with Crippen LogP contribution in [-0.4, -0.2) is 229 Å². The molecule has 0 aromatic rings. The zero-order chi connectivity index (χ0) is 70.2. The average Bonchev–Trinajstić information content (AvgIpc) is 2.22. The van der Waals surface area contributed by atoms with Gasteiger partial charge in [0, 0.05) is 38.0 Å². The lowest BCUT2D eigenvalue weighted by atomic mass is 10.1. The van der Waals surface area contributed by atoms with Crippen molar-refractivity contribution in [3.63, 3.8) is 0 Å². The topological polar surface area (TPSA) is 654 Å². The lowest BCUT2D eigenvalue weighted by molar-refractivity contribution is -0.142. The number of aliphatic hydroxyl groups is 2. The molecule has 1 rings (SSSR count). The number of hydrogen-bond donors (Lipinski definition) is 20. The van der Waals surface area contributed by atoms with E-state index in [9.17, 15) is 72.5 Å². The summed E-state index contributed by atoms with van der Waals surface area (Å²) >= 11 is 0. The summed E-state index contributed by atoms with van der Waals surface area (Å²) in [7, 11) is 0. The van der Waals surface area contributed by atoms with Crippen molar-refractivity contribution < 1.29 is 72.5 Å². The van der Waals surface area contributed by atoms with E-state index in [2.05, 4.69) is 78.5 Å². The lowest BCUT2D eigenvalue weighted by Gasteiger charge is -2.29. The highest BCUT2D eigenvalue weighted by Gasteiger charge is 2.39. The van der Waals surface area contributed by atoms with Gasteiger partial charge in [0.15, 0.2) is 11.9 Å². The highest BCUT2D eigenvalue weighted by Crippen LogP contribution is 2.20. The first-order valence-electron chi connectivity index (χ1n) is 30.7. The van der Waals surface area contributed by atoms with Crippen molar-refractivity contribution >= 4 is 88.7 Å². The zero-order valence-electron chi connectivity index (χ0n) is 53.2. The van der Waals surface area contributed by atoms with Crippen LogP contribution in [0.15, 0.2) is 15.1 Å². The summed E-state index contributed by atoms with van der Waals surface area (Å²) in [4.78, 5) is 184. The Morgan fingerprint density at radius 3 is 1.49 bits per heavy atom. The van der Waals surface area contributed by atoms with E-state index in [1.165, 1.54) is 25.7 Å². The molecule has 1 aliphatic rings. The Kier molecular flexibility index (Phi) is 39.7. The number of rotatable bonds is 46. The number of nitrogens with one attached hydrogen (secondary N) is 11. The second-order valence-electron chi connectivity index (χ2n) is 22.0. The number of likely N-dealkylation sites (tertiary alicyclic amines) is 1. The molecule has 11 atom stereocenters. The van der Waals surface area contributed by atoms with Crippen LogP contribution in [0.1, 0.15) is 124 Å². The smallest absolute Gasteiger partial charge is 0.245 e. The standard InChI is InChI=1S/C54H98N24O15/c1-29(68-32(4)81)44(85)72-36(17-11-22-63-53(58)59)47(88)73-35(15-6-9-21-56)48(89)75-38(28-79)49(90)76-42(31(3)80)51(92)66-26-40(82)65-27-41(83)70-34(16-7-10-24-67-77-62)45(86)69-30(2)52(93)78-25-13-19-39(78)50(91)74-37(18-12-23-64-54(60)61)46(87)71-33(43(57)84)14-5-8-20-55/h29-31,33-39,42,79-80H,5-28,55-56H2,1-4H3,(H2,57,84)(H,65,82)(H,66,92)(H,68,81)(H,69,86)(H,70,83)(H,71,87)(H,72,85)(H,73,88)(H,74,91)(H,75,89)(H,76,90)(H4,58,59,63)(H4,60,61,64)/t29-,30-,31+,33-,34-,35-,36-,37-,38-,39-,42-/m0/s1. The number of primary amides is 1. The molecule has 27 N–H and O–H groups in total. The number of azide groups is 1. The van der Waals surface area contributed by atoms with E-state index >= 15 is 0 Å². The Morgan fingerprint density at radius 2 is 0.989 bits per heavy atom. The van der Waals surface area contributed by atoms with E-state index in [4.69, 9.17) is 45.7 Å². The Labute approximate surface area is 538 Å². The first-order valence-corrected chi connectivity index (χ1v) is 30.7. The summed E-state index contributed by atoms with van der Waals surface area (Å²) in [5.74, 6) is -11.5. The number of aliphatic hydroxyl groups excluding tert-OH is 2. The molecule has 0 radical (unpaired) electrons. The summed E-state index contributed by atoms with van der Waals surface area (Å²) in [5.41, 5.74) is 47.2. The number of carbonyl (C=O) groups excluding carboxylic acids is 13. The molecule has 0 unspecified atom stereocenters. The molecule has 524 valence electrons. The Bertz CT molecular complexity index is 2620. The van der Waals surface area contributed by atoms with E-state index in [0.717, 1.165) is 6.92 Å². The molecule has 0 aromatic carbocycles. The van der Waals surface area contributed by atoms with Gasteiger partial charge in [-0.2, -0.15) is 0 Å². The number of aliphatic imine (C=N–C) groups is 2. The molecule has 1 saturated heterocycles. The summed E-state index contributed by atoms with van der Waals surface area (Å²) < 4.78 is 0. The minimum absolute atomic E-state index is 0.0209. The fraction of sp³-hybridized carbons (Fsp3) is 0.722. The van der Waals surface area contributed by atoms with Gasteiger partial charge < -0.3 is 114 Å². The van der Waals surface area contributed by atoms with Gasteiger partial charge >= 0.3 is 0 Å². The summed E-state index contributed by atoms with van der Waals surface area (Å²) in [6.07, 6.45) is 1.59. The summed E-state index contributed by atoms with van der Waals surface area (Å²) in [6.45, 7) is 3.21. The van der Waals surface area contributed by atoms with Gasteiger partial charge in [-0.1, -0.05) is 11.5 Å². The first-order chi connectivity index (χ1) is 44.0. The number of carbonyl (C=O) groups is 13. The van der Waals surface area contributed by atoms with Crippen LogP contribution in [0.2, 0.25) is 0 Å². The largest absolute Gasteiger partial charge is 0.394 e. The predicted molar refractivity (Wildman–Crippen MR) is 337 cm³/mol. The Balaban J connectivity index is 3.13. The van der Waals surface area contributed by atoms with Crippen molar-refractivity contribution in [1.82, 2.24) is 63.4 Å². The highest BCUT2D eigenvalue weighted by molar-refractivity contribution is 5.99. The summed E-state index contributed by atoms with van der Waals surface area (Å²) in [5, 5.41) is 50.9. The summed E-state index contributed by atoms with van der Waals surface area (Å²) in [6, 6.07) is -13.4. The Morgan fingerprint density at radius 1 is 0.527 bits per heavy atom. The minimum Gasteiger partial charge on any atom is -0.394 e. The maximum Gasteiger partial charge on any atom is 0.245 e. The second-order valence-corrected chi connectivity index (χ2v) is 22.0. The first kappa shape index (κ1) is 81.8. The van der Waals surface area contributed by atoms with Crippen LogP contribution in [0.4, 0.5) is 0 Å². The molecule has 1 aliphatic heterocycles. The third-order valence-corrected chi connectivity index (χ3v) is 14.2. The molecular formula is C54H98N24O15. The quantitative estimate of drug-likeness (QED) is 0.00672. The predicted octanol–water partition coefficient (Wildman–Crippen LogP) is -8.66. The molecular weight excluding hydrogens is 1220 g/mol. The monoisotopic (exact) mass is 1320 g/mol. The van der Waals surface area contributed by atoms with Gasteiger partial charge in [0.2, 0.25) is 76.8 Å². The second kappa shape index (κ2) is 45.1. The minimum atomic E-state index is -1.81. The van der Waals surface area contributed by atoms with E-state index in [1.807, 2.05) is 0 Å². The van der Waals surface area contributed by atoms with Gasteiger partial charge in [-0.05, 0) is 129 Å². The molecule has 0 spiro atoms. The van der Waals surface area contributed by atoms with Gasteiger partial charge in [0.05, 0.1) is 25.8 Å². The van der Waals surface area contributed by atoms with Crippen molar-refractivity contribution in [2.24, 2.45) is 55.2 Å². The van der Waals surface area contributed by atoms with E-state index < -0.39 is 163 Å². The average molecular weight is 1320 g/mol. The molecule has 0 bridgehead atoms. The van der Waals surface area contributed by atoms with Gasteiger partial charge in [-0.15, -0.1) is 0 Å². The van der Waals surface area contributed by atoms with Crippen molar-refractivity contribution in [3.8, 4) is 0 Å². The number of guanidine groups is 2. The molecule has 1 heterocycles. The Hall–Kier alpha value is -9.20. The van der Waals surface area contributed by atoms with Gasteiger partial charge in [-0.25, -0.2) is 0 Å². The van der Waals surface area contributed by atoms with Crippen LogP contribution in [-0.2, 0) is 62.3 Å². The highest BCUT2D eigenvalue weighted by atomic mass is 16.3. The van der Waals surface area contributed by atoms with Crippen LogP contribution < -0.4 is 98.6 Å². The fourth-order valence-electron chi connectivity index (χ4n) is 9.23. The van der Waals surface area contributed by atoms with E-state index in [0.29, 0.717) is 32.2 Å². The zero-order valence-corrected chi connectivity index (χ0v) is 53.2. The SMILES string of the molecule is CC(=O)N[C@@H](C)C(=O)N[C@@H](CCCN=C(N)N)C(=O)N[C@@H](CCCCN)C(=O)N[C@@H](CO)C(=O)N[C@H](C(=O)NCC(=O)NCC(=O)N[C@@H](CCCCN=[N+]=[N-])C(=O)N[C@@H](C)C(=O)N1CCC[C@H]1C(=O)N[C@@H](CCCN=C(N)N)C(=O)N[C@@H](CCCCN)C(N)=O)[C@@H](C)O. The number of unbranched alkanes of at least 4 members (excludes halogenated alkanes) is 3. The molecule has 39 heteroatoms. The van der Waals surface area contributed by atoms with Crippen molar-refractivity contribution in [3.05, 3.63) is 10.4 Å². The van der Waals surface area contributed by atoms with Gasteiger partial charge in [0.25, 0.3) is 0 Å². The van der Waals surface area contributed by atoms with E-state index in [-0.39, 0.29) is 115 Å².